The van der Waals surface area contributed by atoms with Gasteiger partial charge >= 0.3 is 0 Å². The molecule has 0 bridgehead atoms. The van der Waals surface area contributed by atoms with Crippen LogP contribution >= 0.6 is 0 Å². The molecule has 3 heterocycles. The molecule has 4 N–H and O–H groups in total. The Labute approximate surface area is 216 Å². The lowest BCUT2D eigenvalue weighted by molar-refractivity contribution is -0.117. The van der Waals surface area contributed by atoms with E-state index in [2.05, 4.69) is 80.5 Å². The second kappa shape index (κ2) is 9.29. The van der Waals surface area contributed by atoms with E-state index in [1.165, 1.54) is 39.8 Å². The first-order chi connectivity index (χ1) is 18.2. The Bertz CT molecular complexity index is 1460. The van der Waals surface area contributed by atoms with Crippen LogP contribution in [-0.4, -0.2) is 35.0 Å². The van der Waals surface area contributed by atoms with Crippen molar-refractivity contribution in [2.75, 3.05) is 18.4 Å². The molecule has 2 atom stereocenters. The Kier molecular flexibility index (Phi) is 5.64. The van der Waals surface area contributed by atoms with Gasteiger partial charge in [0.1, 0.15) is 5.82 Å². The van der Waals surface area contributed by atoms with Crippen LogP contribution in [0.3, 0.4) is 0 Å². The van der Waals surface area contributed by atoms with Crippen LogP contribution in [-0.2, 0) is 11.2 Å². The second-order valence-corrected chi connectivity index (χ2v) is 10.5. The molecule has 7 rings (SSSR count). The number of benzene rings is 3. The zero-order chi connectivity index (χ0) is 24.8. The molecule has 3 aromatic carbocycles. The van der Waals surface area contributed by atoms with Crippen LogP contribution in [0.15, 0.2) is 66.9 Å². The molecule has 6 heteroatoms. The molecule has 3 aliphatic rings. The maximum atomic E-state index is 12.5. The normalized spacial score (nSPS) is 20.1. The van der Waals surface area contributed by atoms with Gasteiger partial charge in [-0.15, -0.1) is 0 Å². The number of carbonyl (C=O) groups is 1. The Morgan fingerprint density at radius 2 is 1.54 bits per heavy atom. The van der Waals surface area contributed by atoms with E-state index in [9.17, 15) is 4.79 Å². The summed E-state index contributed by atoms with van der Waals surface area (Å²) in [4.78, 5) is 20.6. The van der Waals surface area contributed by atoms with Crippen molar-refractivity contribution in [2.24, 2.45) is 0 Å². The standard InChI is InChI=1S/C31H31N5O/c37-31(28-4-2-14-33-28)35-24-10-12-26-23(17-24)16-22-15-21(9-11-25(22)26)19-5-7-20(8-6-19)29-18-34-30(36-29)27-3-1-13-32-27/h5-12,15,17-18,27-28,32-33H,1-4,13-14,16H2,(H,34,36)(H,35,37)/t27-,28-/m0/s1. The zero-order valence-corrected chi connectivity index (χ0v) is 20.8. The summed E-state index contributed by atoms with van der Waals surface area (Å²) in [5.74, 6) is 1.10. The maximum absolute atomic E-state index is 12.5. The summed E-state index contributed by atoms with van der Waals surface area (Å²) >= 11 is 0. The third-order valence-corrected chi connectivity index (χ3v) is 8.04. The molecule has 4 aromatic rings. The van der Waals surface area contributed by atoms with E-state index >= 15 is 0 Å². The van der Waals surface area contributed by atoms with Crippen LogP contribution in [0.1, 0.15) is 48.7 Å². The van der Waals surface area contributed by atoms with E-state index < -0.39 is 0 Å². The Morgan fingerprint density at radius 1 is 0.811 bits per heavy atom. The Balaban J connectivity index is 1.07. The number of hydrogen-bond donors (Lipinski definition) is 4. The van der Waals surface area contributed by atoms with Gasteiger partial charge in [-0.2, -0.15) is 0 Å². The smallest absolute Gasteiger partial charge is 0.241 e. The maximum Gasteiger partial charge on any atom is 0.241 e. The molecule has 0 radical (unpaired) electrons. The van der Waals surface area contributed by atoms with Gasteiger partial charge in [0.2, 0.25) is 5.91 Å². The third kappa shape index (κ3) is 4.26. The van der Waals surface area contributed by atoms with Crippen LogP contribution < -0.4 is 16.0 Å². The summed E-state index contributed by atoms with van der Waals surface area (Å²) in [6.45, 7) is 1.99. The fourth-order valence-electron chi connectivity index (χ4n) is 6.03. The van der Waals surface area contributed by atoms with Crippen molar-refractivity contribution in [3.05, 3.63) is 83.8 Å². The molecule has 1 amide bonds. The SMILES string of the molecule is O=C(Nc1ccc2c(c1)Cc1cc(-c3ccc(-c4cnc([C@@H]5CCCN5)[nH]4)cc3)ccc1-2)[C@@H]1CCCN1. The predicted octanol–water partition coefficient (Wildman–Crippen LogP) is 5.43. The molecule has 37 heavy (non-hydrogen) atoms. The number of fused-ring (bicyclic) bond motifs is 3. The number of nitrogens with zero attached hydrogens (tertiary/aromatic N) is 1. The fraction of sp³-hybridized carbons (Fsp3) is 0.290. The van der Waals surface area contributed by atoms with Gasteiger partial charge in [-0.3, -0.25) is 4.79 Å². The van der Waals surface area contributed by atoms with E-state index in [0.29, 0.717) is 6.04 Å². The minimum absolute atomic E-state index is 0.0697. The number of aromatic nitrogens is 2. The van der Waals surface area contributed by atoms with Crippen LogP contribution in [0.2, 0.25) is 0 Å². The van der Waals surface area contributed by atoms with Crippen LogP contribution in [0.4, 0.5) is 5.69 Å². The summed E-state index contributed by atoms with van der Waals surface area (Å²) in [5.41, 5.74) is 10.7. The topological polar surface area (TPSA) is 81.8 Å². The lowest BCUT2D eigenvalue weighted by atomic mass is 9.98. The van der Waals surface area contributed by atoms with Crippen LogP contribution in [0, 0.1) is 0 Å². The second-order valence-electron chi connectivity index (χ2n) is 10.5. The van der Waals surface area contributed by atoms with E-state index in [4.69, 9.17) is 0 Å². The average Bonchev–Trinajstić information content (AvgIpc) is 3.74. The summed E-state index contributed by atoms with van der Waals surface area (Å²) in [6, 6.07) is 22.1. The first kappa shape index (κ1) is 22.5. The van der Waals surface area contributed by atoms with E-state index in [-0.39, 0.29) is 11.9 Å². The van der Waals surface area contributed by atoms with E-state index in [1.807, 2.05) is 12.3 Å². The quantitative estimate of drug-likeness (QED) is 0.265. The molecular formula is C31H31N5O. The molecule has 6 nitrogen and oxygen atoms in total. The molecular weight excluding hydrogens is 458 g/mol. The summed E-state index contributed by atoms with van der Waals surface area (Å²) in [5, 5.41) is 9.88. The summed E-state index contributed by atoms with van der Waals surface area (Å²) in [7, 11) is 0. The number of amides is 1. The van der Waals surface area contributed by atoms with Gasteiger partial charge in [0.05, 0.1) is 24.0 Å². The van der Waals surface area contributed by atoms with Gasteiger partial charge in [0.25, 0.3) is 0 Å². The van der Waals surface area contributed by atoms with E-state index in [1.54, 1.807) is 0 Å². The first-order valence-electron chi connectivity index (χ1n) is 13.4. The van der Waals surface area contributed by atoms with Crippen molar-refractivity contribution in [3.63, 3.8) is 0 Å². The highest BCUT2D eigenvalue weighted by molar-refractivity contribution is 5.95. The largest absolute Gasteiger partial charge is 0.341 e. The number of carbonyl (C=O) groups excluding carboxylic acids is 1. The number of nitrogens with one attached hydrogen (secondary N) is 4. The predicted molar refractivity (Wildman–Crippen MR) is 147 cm³/mol. The third-order valence-electron chi connectivity index (χ3n) is 8.04. The van der Waals surface area contributed by atoms with Crippen molar-refractivity contribution in [3.8, 4) is 33.5 Å². The van der Waals surface area contributed by atoms with Crippen molar-refractivity contribution in [1.82, 2.24) is 20.6 Å². The van der Waals surface area contributed by atoms with Crippen molar-refractivity contribution >= 4 is 11.6 Å². The van der Waals surface area contributed by atoms with Crippen molar-refractivity contribution < 1.29 is 4.79 Å². The molecule has 2 aliphatic heterocycles. The number of aromatic amines is 1. The number of hydrogen-bond acceptors (Lipinski definition) is 4. The molecule has 2 fully saturated rings. The van der Waals surface area contributed by atoms with Crippen LogP contribution in [0.5, 0.6) is 0 Å². The highest BCUT2D eigenvalue weighted by atomic mass is 16.2. The Hall–Kier alpha value is -3.74. The van der Waals surface area contributed by atoms with E-state index in [0.717, 1.165) is 61.5 Å². The summed E-state index contributed by atoms with van der Waals surface area (Å²) in [6.07, 6.45) is 7.14. The highest BCUT2D eigenvalue weighted by Crippen LogP contribution is 2.40. The van der Waals surface area contributed by atoms with Gasteiger partial charge in [-0.25, -0.2) is 4.98 Å². The highest BCUT2D eigenvalue weighted by Gasteiger charge is 2.24. The number of rotatable bonds is 5. The molecule has 0 unspecified atom stereocenters. The van der Waals surface area contributed by atoms with Crippen LogP contribution in [0.25, 0.3) is 33.5 Å². The lowest BCUT2D eigenvalue weighted by Gasteiger charge is -2.12. The monoisotopic (exact) mass is 489 g/mol. The van der Waals surface area contributed by atoms with Gasteiger partial charge in [-0.1, -0.05) is 48.5 Å². The first-order valence-corrected chi connectivity index (χ1v) is 13.4. The number of H-pyrrole nitrogens is 1. The number of anilines is 1. The van der Waals surface area contributed by atoms with Gasteiger partial charge in [-0.05, 0) is 96.3 Å². The fourth-order valence-corrected chi connectivity index (χ4v) is 6.03. The molecule has 1 aliphatic carbocycles. The number of imidazole rings is 1. The molecule has 186 valence electrons. The molecule has 2 saturated heterocycles. The molecule has 0 saturated carbocycles. The van der Waals surface area contributed by atoms with Crippen molar-refractivity contribution in [2.45, 2.75) is 44.2 Å². The zero-order valence-electron chi connectivity index (χ0n) is 20.8. The molecule has 0 spiro atoms. The summed E-state index contributed by atoms with van der Waals surface area (Å²) < 4.78 is 0. The lowest BCUT2D eigenvalue weighted by Crippen LogP contribution is -2.35. The minimum atomic E-state index is -0.0704. The van der Waals surface area contributed by atoms with Gasteiger partial charge in [0, 0.05) is 5.69 Å². The van der Waals surface area contributed by atoms with Gasteiger partial charge < -0.3 is 20.9 Å². The minimum Gasteiger partial charge on any atom is -0.341 e. The Morgan fingerprint density at radius 3 is 2.32 bits per heavy atom. The molecule has 1 aromatic heterocycles. The van der Waals surface area contributed by atoms with Crippen molar-refractivity contribution in [1.29, 1.82) is 0 Å². The van der Waals surface area contributed by atoms with Gasteiger partial charge in [0.15, 0.2) is 0 Å². The average molecular weight is 490 g/mol.